The molecule has 1 atom stereocenters. The predicted octanol–water partition coefficient (Wildman–Crippen LogP) is 4.97. The molecule has 0 spiro atoms. The summed E-state index contributed by atoms with van der Waals surface area (Å²) in [6.45, 7) is 4.17. The number of hydrogen-bond acceptors (Lipinski definition) is 5. The van der Waals surface area contributed by atoms with Gasteiger partial charge in [0.1, 0.15) is 0 Å². The van der Waals surface area contributed by atoms with E-state index in [1.165, 1.54) is 6.08 Å². The standard InChI is InChI=1S/C26H30O5/c1-3-17-30-25(28)24(26(29)31-18-4-2)23(21-13-9-6-10-14-21)19-22(27)16-15-20-11-7-5-8-12-20/h5-16,23-24H,3-4,17-19H2,1-2H3/b16-15+/t23-/m1/s1. The second-order valence-electron chi connectivity index (χ2n) is 7.24. The van der Waals surface area contributed by atoms with Gasteiger partial charge in [-0.25, -0.2) is 0 Å². The van der Waals surface area contributed by atoms with Crippen molar-refractivity contribution in [3.05, 3.63) is 77.9 Å². The molecule has 0 N–H and O–H groups in total. The zero-order valence-corrected chi connectivity index (χ0v) is 18.2. The number of hydrogen-bond donors (Lipinski definition) is 0. The highest BCUT2D eigenvalue weighted by atomic mass is 16.6. The molecule has 0 aliphatic rings. The molecule has 2 rings (SSSR count). The summed E-state index contributed by atoms with van der Waals surface area (Å²) in [6, 6.07) is 18.6. The van der Waals surface area contributed by atoms with Crippen LogP contribution in [0.4, 0.5) is 0 Å². The van der Waals surface area contributed by atoms with Crippen molar-refractivity contribution in [3.63, 3.8) is 0 Å². The lowest BCUT2D eigenvalue weighted by Crippen LogP contribution is -2.34. The average molecular weight is 423 g/mol. The first-order valence-corrected chi connectivity index (χ1v) is 10.7. The third-order valence-electron chi connectivity index (χ3n) is 4.72. The van der Waals surface area contributed by atoms with E-state index in [-0.39, 0.29) is 25.4 Å². The third-order valence-corrected chi connectivity index (χ3v) is 4.72. The van der Waals surface area contributed by atoms with Crippen molar-refractivity contribution in [1.82, 2.24) is 0 Å². The number of allylic oxidation sites excluding steroid dienone is 1. The lowest BCUT2D eigenvalue weighted by atomic mass is 9.82. The molecule has 0 amide bonds. The Hall–Kier alpha value is -3.21. The monoisotopic (exact) mass is 422 g/mol. The fraction of sp³-hybridized carbons (Fsp3) is 0.346. The molecule has 0 radical (unpaired) electrons. The van der Waals surface area contributed by atoms with Gasteiger partial charge in [0.25, 0.3) is 0 Å². The zero-order valence-electron chi connectivity index (χ0n) is 18.2. The minimum atomic E-state index is -1.20. The summed E-state index contributed by atoms with van der Waals surface area (Å²) < 4.78 is 10.6. The maximum atomic E-state index is 12.8. The van der Waals surface area contributed by atoms with Crippen LogP contribution in [-0.2, 0) is 23.9 Å². The van der Waals surface area contributed by atoms with Crippen molar-refractivity contribution in [2.45, 2.75) is 39.0 Å². The quantitative estimate of drug-likeness (QED) is 0.275. The first kappa shape index (κ1) is 24.1. The molecule has 0 aliphatic carbocycles. The van der Waals surface area contributed by atoms with Crippen LogP contribution in [0, 0.1) is 5.92 Å². The average Bonchev–Trinajstić information content (AvgIpc) is 2.80. The van der Waals surface area contributed by atoms with Crippen LogP contribution < -0.4 is 0 Å². The molecule has 31 heavy (non-hydrogen) atoms. The van der Waals surface area contributed by atoms with E-state index in [4.69, 9.17) is 9.47 Å². The highest BCUT2D eigenvalue weighted by molar-refractivity contribution is 5.99. The number of ketones is 1. The van der Waals surface area contributed by atoms with E-state index in [0.717, 1.165) is 11.1 Å². The Morgan fingerprint density at radius 3 is 1.84 bits per heavy atom. The lowest BCUT2D eigenvalue weighted by Gasteiger charge is -2.24. The van der Waals surface area contributed by atoms with Crippen LogP contribution in [0.5, 0.6) is 0 Å². The minimum Gasteiger partial charge on any atom is -0.465 e. The van der Waals surface area contributed by atoms with Gasteiger partial charge in [0.05, 0.1) is 13.2 Å². The summed E-state index contributed by atoms with van der Waals surface area (Å²) in [5.74, 6) is -3.38. The highest BCUT2D eigenvalue weighted by Crippen LogP contribution is 2.31. The molecule has 0 bridgehead atoms. The fourth-order valence-corrected chi connectivity index (χ4v) is 3.18. The topological polar surface area (TPSA) is 69.7 Å². The van der Waals surface area contributed by atoms with Gasteiger partial charge in [0.2, 0.25) is 0 Å². The van der Waals surface area contributed by atoms with Gasteiger partial charge in [0, 0.05) is 12.3 Å². The highest BCUT2D eigenvalue weighted by Gasteiger charge is 2.39. The Labute approximate surface area is 184 Å². The first-order valence-electron chi connectivity index (χ1n) is 10.7. The summed E-state index contributed by atoms with van der Waals surface area (Å²) in [4.78, 5) is 38.4. The Bertz CT molecular complexity index is 838. The lowest BCUT2D eigenvalue weighted by molar-refractivity contribution is -0.163. The van der Waals surface area contributed by atoms with Gasteiger partial charge in [-0.2, -0.15) is 0 Å². The number of benzene rings is 2. The van der Waals surface area contributed by atoms with Gasteiger partial charge in [-0.1, -0.05) is 80.6 Å². The molecule has 0 saturated heterocycles. The summed E-state index contributed by atoms with van der Waals surface area (Å²) in [6.07, 6.45) is 4.47. The summed E-state index contributed by atoms with van der Waals surface area (Å²) >= 11 is 0. The maximum Gasteiger partial charge on any atom is 0.320 e. The maximum absolute atomic E-state index is 12.8. The van der Waals surface area contributed by atoms with Crippen molar-refractivity contribution >= 4 is 23.8 Å². The molecule has 5 nitrogen and oxygen atoms in total. The largest absolute Gasteiger partial charge is 0.465 e. The van der Waals surface area contributed by atoms with Crippen molar-refractivity contribution in [2.75, 3.05) is 13.2 Å². The number of carbonyl (C=O) groups excluding carboxylic acids is 3. The van der Waals surface area contributed by atoms with Gasteiger partial charge in [-0.15, -0.1) is 0 Å². The molecule has 0 aliphatic heterocycles. The number of esters is 2. The van der Waals surface area contributed by atoms with Crippen molar-refractivity contribution in [3.8, 4) is 0 Å². The molecule has 0 unspecified atom stereocenters. The Kier molecular flexibility index (Phi) is 10.2. The van der Waals surface area contributed by atoms with Crippen molar-refractivity contribution in [2.24, 2.45) is 5.92 Å². The van der Waals surface area contributed by atoms with E-state index >= 15 is 0 Å². The van der Waals surface area contributed by atoms with Crippen molar-refractivity contribution < 1.29 is 23.9 Å². The smallest absolute Gasteiger partial charge is 0.320 e. The van der Waals surface area contributed by atoms with E-state index in [9.17, 15) is 14.4 Å². The van der Waals surface area contributed by atoms with Crippen molar-refractivity contribution in [1.29, 1.82) is 0 Å². The van der Waals surface area contributed by atoms with E-state index in [1.54, 1.807) is 6.08 Å². The molecule has 5 heteroatoms. The van der Waals surface area contributed by atoms with E-state index < -0.39 is 23.8 Å². The Morgan fingerprint density at radius 1 is 0.806 bits per heavy atom. The molecular weight excluding hydrogens is 392 g/mol. The van der Waals surface area contributed by atoms with E-state index in [0.29, 0.717) is 12.8 Å². The van der Waals surface area contributed by atoms with Gasteiger partial charge in [-0.05, 0) is 30.0 Å². The molecule has 0 saturated carbocycles. The normalized spacial score (nSPS) is 12.0. The molecule has 2 aromatic rings. The van der Waals surface area contributed by atoms with Crippen LogP contribution >= 0.6 is 0 Å². The summed E-state index contributed by atoms with van der Waals surface area (Å²) in [5.41, 5.74) is 1.62. The molecular formula is C26H30O5. The van der Waals surface area contributed by atoms with Gasteiger partial charge in [-0.3, -0.25) is 14.4 Å². The Balaban J connectivity index is 2.31. The van der Waals surface area contributed by atoms with Crippen LogP contribution in [0.1, 0.15) is 50.2 Å². The van der Waals surface area contributed by atoms with Crippen LogP contribution in [-0.4, -0.2) is 30.9 Å². The minimum absolute atomic E-state index is 0.0134. The number of ether oxygens (including phenoxy) is 2. The van der Waals surface area contributed by atoms with Crippen LogP contribution in [0.15, 0.2) is 66.7 Å². The molecule has 0 aromatic heterocycles. The third kappa shape index (κ3) is 7.85. The summed E-state index contributed by atoms with van der Waals surface area (Å²) in [5, 5.41) is 0. The second-order valence-corrected chi connectivity index (χ2v) is 7.24. The molecule has 0 fully saturated rings. The molecule has 164 valence electrons. The predicted molar refractivity (Wildman–Crippen MR) is 120 cm³/mol. The van der Waals surface area contributed by atoms with E-state index in [1.807, 2.05) is 74.5 Å². The van der Waals surface area contributed by atoms with Gasteiger partial charge in [0.15, 0.2) is 11.7 Å². The number of rotatable bonds is 12. The van der Waals surface area contributed by atoms with E-state index in [2.05, 4.69) is 0 Å². The van der Waals surface area contributed by atoms with Crippen LogP contribution in [0.3, 0.4) is 0 Å². The number of carbonyl (C=O) groups is 3. The van der Waals surface area contributed by atoms with Gasteiger partial charge < -0.3 is 9.47 Å². The van der Waals surface area contributed by atoms with Crippen LogP contribution in [0.25, 0.3) is 6.08 Å². The fourth-order valence-electron chi connectivity index (χ4n) is 3.18. The Morgan fingerprint density at radius 2 is 1.32 bits per heavy atom. The summed E-state index contributed by atoms with van der Waals surface area (Å²) in [7, 11) is 0. The first-order chi connectivity index (χ1) is 15.1. The zero-order chi connectivity index (χ0) is 22.5. The molecule has 2 aromatic carbocycles. The second kappa shape index (κ2) is 13.2. The van der Waals surface area contributed by atoms with Gasteiger partial charge >= 0.3 is 11.9 Å². The van der Waals surface area contributed by atoms with Crippen LogP contribution in [0.2, 0.25) is 0 Å². The SMILES string of the molecule is CCCOC(=O)C(C(=O)OCCC)[C@H](CC(=O)/C=C/c1ccccc1)c1ccccc1. The molecule has 0 heterocycles.